The number of ether oxygens (including phenoxy) is 1. The molecule has 0 saturated carbocycles. The summed E-state index contributed by atoms with van der Waals surface area (Å²) in [6.45, 7) is 2.55. The van der Waals surface area contributed by atoms with Crippen LogP contribution >= 0.6 is 0 Å². The third-order valence-corrected chi connectivity index (χ3v) is 2.14. The predicted octanol–water partition coefficient (Wildman–Crippen LogP) is 2.51. The Hall–Kier alpha value is -2.08. The lowest BCUT2D eigenvalue weighted by atomic mass is 10.1. The summed E-state index contributed by atoms with van der Waals surface area (Å²) in [7, 11) is 0. The van der Waals surface area contributed by atoms with E-state index in [4.69, 9.17) is 10.00 Å². The molecule has 0 aliphatic heterocycles. The Labute approximate surface area is 87.9 Å². The Kier molecular flexibility index (Phi) is 2.51. The molecule has 0 bridgehead atoms. The van der Waals surface area contributed by atoms with Gasteiger partial charge in [-0.3, -0.25) is 4.98 Å². The standard InChI is InChI=1S/C12H10N2O/c1-2-15-10-3-4-12-11(7-10)9(8-13)5-6-14-12/h3-7H,2H2,1H3. The summed E-state index contributed by atoms with van der Waals surface area (Å²) in [4.78, 5) is 4.18. The van der Waals surface area contributed by atoms with E-state index in [1.807, 2.05) is 25.1 Å². The minimum absolute atomic E-state index is 0.619. The normalized spacial score (nSPS) is 9.87. The number of rotatable bonds is 2. The highest BCUT2D eigenvalue weighted by Gasteiger charge is 2.02. The van der Waals surface area contributed by atoms with Crippen LogP contribution in [-0.2, 0) is 0 Å². The molecule has 2 rings (SSSR count). The molecule has 0 radical (unpaired) electrons. The zero-order valence-corrected chi connectivity index (χ0v) is 8.40. The van der Waals surface area contributed by atoms with E-state index in [0.717, 1.165) is 16.7 Å². The molecule has 0 saturated heterocycles. The lowest BCUT2D eigenvalue weighted by Crippen LogP contribution is -1.92. The molecule has 1 heterocycles. The summed E-state index contributed by atoms with van der Waals surface area (Å²) in [5.41, 5.74) is 1.44. The Balaban J connectivity index is 2.63. The van der Waals surface area contributed by atoms with E-state index in [9.17, 15) is 0 Å². The van der Waals surface area contributed by atoms with E-state index >= 15 is 0 Å². The van der Waals surface area contributed by atoms with Crippen molar-refractivity contribution in [1.29, 1.82) is 5.26 Å². The highest BCUT2D eigenvalue weighted by atomic mass is 16.5. The second kappa shape index (κ2) is 3.97. The van der Waals surface area contributed by atoms with Gasteiger partial charge in [-0.2, -0.15) is 5.26 Å². The third-order valence-electron chi connectivity index (χ3n) is 2.14. The van der Waals surface area contributed by atoms with Gasteiger partial charge in [-0.15, -0.1) is 0 Å². The number of hydrogen-bond donors (Lipinski definition) is 0. The lowest BCUT2D eigenvalue weighted by molar-refractivity contribution is 0.340. The molecule has 0 aliphatic carbocycles. The van der Waals surface area contributed by atoms with Gasteiger partial charge in [-0.25, -0.2) is 0 Å². The van der Waals surface area contributed by atoms with Crippen LogP contribution in [0.15, 0.2) is 30.5 Å². The Bertz CT molecular complexity index is 529. The van der Waals surface area contributed by atoms with Gasteiger partial charge in [0.25, 0.3) is 0 Å². The van der Waals surface area contributed by atoms with Gasteiger partial charge in [-0.1, -0.05) is 0 Å². The van der Waals surface area contributed by atoms with Gasteiger partial charge in [0.2, 0.25) is 0 Å². The van der Waals surface area contributed by atoms with Crippen LogP contribution in [0.5, 0.6) is 5.75 Å². The summed E-state index contributed by atoms with van der Waals surface area (Å²) < 4.78 is 5.38. The van der Waals surface area contributed by atoms with Crippen LogP contribution in [0.1, 0.15) is 12.5 Å². The smallest absolute Gasteiger partial charge is 0.120 e. The SMILES string of the molecule is CCOc1ccc2nccc(C#N)c2c1. The molecule has 0 unspecified atom stereocenters. The largest absolute Gasteiger partial charge is 0.494 e. The Morgan fingerprint density at radius 1 is 1.40 bits per heavy atom. The highest BCUT2D eigenvalue weighted by Crippen LogP contribution is 2.21. The first-order valence-corrected chi connectivity index (χ1v) is 4.77. The number of pyridine rings is 1. The van der Waals surface area contributed by atoms with Crippen molar-refractivity contribution in [2.75, 3.05) is 6.61 Å². The predicted molar refractivity (Wildman–Crippen MR) is 57.6 cm³/mol. The van der Waals surface area contributed by atoms with Crippen molar-refractivity contribution < 1.29 is 4.74 Å². The first-order valence-electron chi connectivity index (χ1n) is 4.77. The molecule has 2 aromatic rings. The number of benzene rings is 1. The average molecular weight is 198 g/mol. The zero-order chi connectivity index (χ0) is 10.7. The van der Waals surface area contributed by atoms with Gasteiger partial charge in [0.1, 0.15) is 5.75 Å². The van der Waals surface area contributed by atoms with Gasteiger partial charge in [-0.05, 0) is 31.2 Å². The Morgan fingerprint density at radius 2 is 2.27 bits per heavy atom. The van der Waals surface area contributed by atoms with Crippen LogP contribution in [0, 0.1) is 11.3 Å². The first kappa shape index (κ1) is 9.47. The number of fused-ring (bicyclic) bond motifs is 1. The maximum absolute atomic E-state index is 8.94. The number of aromatic nitrogens is 1. The van der Waals surface area contributed by atoms with Crippen molar-refractivity contribution in [3.05, 3.63) is 36.0 Å². The third kappa shape index (κ3) is 1.75. The fourth-order valence-electron chi connectivity index (χ4n) is 1.48. The van der Waals surface area contributed by atoms with Crippen molar-refractivity contribution in [1.82, 2.24) is 4.98 Å². The quantitative estimate of drug-likeness (QED) is 0.744. The monoisotopic (exact) mass is 198 g/mol. The fourth-order valence-corrected chi connectivity index (χ4v) is 1.48. The molecule has 0 N–H and O–H groups in total. The second-order valence-corrected chi connectivity index (χ2v) is 3.08. The topological polar surface area (TPSA) is 45.9 Å². The molecule has 3 nitrogen and oxygen atoms in total. The Morgan fingerprint density at radius 3 is 3.00 bits per heavy atom. The van der Waals surface area contributed by atoms with Crippen LogP contribution in [0.4, 0.5) is 0 Å². The van der Waals surface area contributed by atoms with Gasteiger partial charge in [0, 0.05) is 11.6 Å². The van der Waals surface area contributed by atoms with Crippen LogP contribution in [0.2, 0.25) is 0 Å². The summed E-state index contributed by atoms with van der Waals surface area (Å²) in [6.07, 6.45) is 1.64. The minimum atomic E-state index is 0.619. The van der Waals surface area contributed by atoms with E-state index in [-0.39, 0.29) is 0 Å². The van der Waals surface area contributed by atoms with Crippen LogP contribution in [0.3, 0.4) is 0 Å². The second-order valence-electron chi connectivity index (χ2n) is 3.08. The van der Waals surface area contributed by atoms with E-state index in [1.165, 1.54) is 0 Å². The highest BCUT2D eigenvalue weighted by molar-refractivity contribution is 5.85. The molecule has 15 heavy (non-hydrogen) atoms. The summed E-state index contributed by atoms with van der Waals surface area (Å²) >= 11 is 0. The van der Waals surface area contributed by atoms with Gasteiger partial charge >= 0.3 is 0 Å². The molecule has 74 valence electrons. The van der Waals surface area contributed by atoms with Crippen LogP contribution in [0.25, 0.3) is 10.9 Å². The molecule has 0 spiro atoms. The summed E-state index contributed by atoms with van der Waals surface area (Å²) in [5.74, 6) is 0.773. The van der Waals surface area contributed by atoms with Crippen molar-refractivity contribution in [2.45, 2.75) is 6.92 Å². The van der Waals surface area contributed by atoms with E-state index in [2.05, 4.69) is 11.1 Å². The van der Waals surface area contributed by atoms with E-state index < -0.39 is 0 Å². The first-order chi connectivity index (χ1) is 7.35. The molecule has 0 amide bonds. The van der Waals surface area contributed by atoms with Crippen LogP contribution < -0.4 is 4.74 Å². The zero-order valence-electron chi connectivity index (χ0n) is 8.40. The molecule has 0 fully saturated rings. The molecule has 0 aliphatic rings. The maximum Gasteiger partial charge on any atom is 0.120 e. The molecule has 1 aromatic heterocycles. The molecule has 1 aromatic carbocycles. The van der Waals surface area contributed by atoms with Crippen molar-refractivity contribution in [2.24, 2.45) is 0 Å². The summed E-state index contributed by atoms with van der Waals surface area (Å²) in [5, 5.41) is 9.78. The number of hydrogen-bond acceptors (Lipinski definition) is 3. The van der Waals surface area contributed by atoms with Gasteiger partial charge in [0.05, 0.1) is 23.8 Å². The fraction of sp³-hybridized carbons (Fsp3) is 0.167. The van der Waals surface area contributed by atoms with Crippen molar-refractivity contribution >= 4 is 10.9 Å². The van der Waals surface area contributed by atoms with E-state index in [1.54, 1.807) is 12.3 Å². The number of nitriles is 1. The molecule has 3 heteroatoms. The molecular formula is C12H10N2O. The summed E-state index contributed by atoms with van der Waals surface area (Å²) in [6, 6.07) is 9.43. The van der Waals surface area contributed by atoms with Crippen LogP contribution in [-0.4, -0.2) is 11.6 Å². The van der Waals surface area contributed by atoms with Gasteiger partial charge in [0.15, 0.2) is 0 Å². The maximum atomic E-state index is 8.94. The number of nitrogens with zero attached hydrogens (tertiary/aromatic N) is 2. The van der Waals surface area contributed by atoms with Crippen molar-refractivity contribution in [3.63, 3.8) is 0 Å². The lowest BCUT2D eigenvalue weighted by Gasteiger charge is -2.04. The van der Waals surface area contributed by atoms with Gasteiger partial charge < -0.3 is 4.74 Å². The van der Waals surface area contributed by atoms with E-state index in [0.29, 0.717) is 12.2 Å². The average Bonchev–Trinajstić information content (AvgIpc) is 2.28. The van der Waals surface area contributed by atoms with Crippen molar-refractivity contribution in [3.8, 4) is 11.8 Å². The molecular weight excluding hydrogens is 188 g/mol. The minimum Gasteiger partial charge on any atom is -0.494 e. The molecule has 0 atom stereocenters.